The van der Waals surface area contributed by atoms with Crippen molar-refractivity contribution in [1.82, 2.24) is 4.90 Å². The molecule has 0 radical (unpaired) electrons. The van der Waals surface area contributed by atoms with Gasteiger partial charge in [0.15, 0.2) is 4.67 Å². The zero-order valence-corrected chi connectivity index (χ0v) is 13.8. The fraction of sp³-hybridized carbons (Fsp3) is 0.214. The molecule has 100 valence electrons. The van der Waals surface area contributed by atoms with Gasteiger partial charge in [-0.15, -0.1) is 0 Å². The Hall–Kier alpha value is -1.07. The predicted molar refractivity (Wildman–Crippen MR) is 81.1 cm³/mol. The summed E-state index contributed by atoms with van der Waals surface area (Å²) >= 11 is 6.66. The molecule has 1 heterocycles. The number of aryl methyl sites for hydroxylation is 1. The molecule has 0 fully saturated rings. The van der Waals surface area contributed by atoms with Crippen LogP contribution in [0.3, 0.4) is 0 Å². The van der Waals surface area contributed by atoms with Gasteiger partial charge in [0.05, 0.1) is 12.1 Å². The molecule has 0 aliphatic carbocycles. The Morgan fingerprint density at radius 2 is 2.00 bits per heavy atom. The molecule has 0 aliphatic heterocycles. The summed E-state index contributed by atoms with van der Waals surface area (Å²) in [6, 6.07) is 9.39. The normalized spacial score (nSPS) is 10.5. The van der Waals surface area contributed by atoms with Crippen LogP contribution in [-0.4, -0.2) is 17.9 Å². The molecule has 0 bridgehead atoms. The second-order valence-corrected chi connectivity index (χ2v) is 5.99. The van der Waals surface area contributed by atoms with Gasteiger partial charge in [0, 0.05) is 11.5 Å². The van der Waals surface area contributed by atoms with Gasteiger partial charge < -0.3 is 9.32 Å². The van der Waals surface area contributed by atoms with Gasteiger partial charge in [-0.1, -0.05) is 11.6 Å². The van der Waals surface area contributed by atoms with Crippen LogP contribution in [0.1, 0.15) is 21.7 Å². The molecule has 2 aromatic rings. The molecule has 1 aromatic heterocycles. The molecule has 0 aliphatic rings. The molecule has 1 aromatic carbocycles. The minimum absolute atomic E-state index is 0.0388. The summed E-state index contributed by atoms with van der Waals surface area (Å²) in [6.45, 7) is 2.40. The minimum atomic E-state index is -0.0388. The van der Waals surface area contributed by atoms with Crippen molar-refractivity contribution in [2.24, 2.45) is 0 Å². The van der Waals surface area contributed by atoms with Crippen molar-refractivity contribution in [2.45, 2.75) is 13.5 Å². The highest BCUT2D eigenvalue weighted by atomic mass is 79.9. The van der Waals surface area contributed by atoms with Gasteiger partial charge in [0.1, 0.15) is 5.76 Å². The summed E-state index contributed by atoms with van der Waals surface area (Å²) in [6.07, 6.45) is 0. The lowest BCUT2D eigenvalue weighted by molar-refractivity contribution is 0.0774. The molecule has 0 N–H and O–H groups in total. The average molecular weight is 387 g/mol. The van der Waals surface area contributed by atoms with Crippen LogP contribution >= 0.6 is 31.9 Å². The maximum atomic E-state index is 12.4. The molecule has 0 spiro atoms. The molecule has 0 saturated heterocycles. The van der Waals surface area contributed by atoms with E-state index in [1.54, 1.807) is 11.9 Å². The summed E-state index contributed by atoms with van der Waals surface area (Å²) < 4.78 is 6.87. The third-order valence-corrected chi connectivity index (χ3v) is 3.84. The van der Waals surface area contributed by atoms with Crippen molar-refractivity contribution in [2.75, 3.05) is 7.05 Å². The van der Waals surface area contributed by atoms with Crippen molar-refractivity contribution in [3.8, 4) is 0 Å². The summed E-state index contributed by atoms with van der Waals surface area (Å²) in [5.41, 5.74) is 1.72. The van der Waals surface area contributed by atoms with Crippen molar-refractivity contribution in [3.63, 3.8) is 0 Å². The second-order valence-electron chi connectivity index (χ2n) is 4.35. The van der Waals surface area contributed by atoms with E-state index < -0.39 is 0 Å². The highest BCUT2D eigenvalue weighted by molar-refractivity contribution is 9.10. The zero-order chi connectivity index (χ0) is 14.0. The molecular formula is C14H13Br2NO2. The summed E-state index contributed by atoms with van der Waals surface area (Å²) in [5.74, 6) is 0.703. The van der Waals surface area contributed by atoms with Gasteiger partial charge in [-0.3, -0.25) is 4.79 Å². The lowest BCUT2D eigenvalue weighted by Gasteiger charge is -2.17. The van der Waals surface area contributed by atoms with Crippen LogP contribution in [0, 0.1) is 6.92 Å². The average Bonchev–Trinajstić information content (AvgIpc) is 2.77. The topological polar surface area (TPSA) is 33.5 Å². The first-order chi connectivity index (χ1) is 8.97. The van der Waals surface area contributed by atoms with E-state index in [4.69, 9.17) is 4.42 Å². The van der Waals surface area contributed by atoms with Crippen LogP contribution in [0.15, 0.2) is 43.9 Å². The van der Waals surface area contributed by atoms with E-state index in [0.717, 1.165) is 15.8 Å². The van der Waals surface area contributed by atoms with Crippen LogP contribution in [0.2, 0.25) is 0 Å². The molecule has 2 rings (SSSR count). The lowest BCUT2D eigenvalue weighted by atomic mass is 10.1. The van der Waals surface area contributed by atoms with E-state index in [9.17, 15) is 4.79 Å². The Bertz CT molecular complexity index is 607. The van der Waals surface area contributed by atoms with E-state index in [1.165, 1.54) is 0 Å². The Kier molecular flexibility index (Phi) is 4.47. The number of carbonyl (C=O) groups excluding carboxylic acids is 1. The molecule has 0 unspecified atom stereocenters. The van der Waals surface area contributed by atoms with E-state index in [1.807, 2.05) is 37.3 Å². The maximum Gasteiger partial charge on any atom is 0.255 e. The summed E-state index contributed by atoms with van der Waals surface area (Å²) in [7, 11) is 1.76. The predicted octanol–water partition coefficient (Wildman–Crippen LogP) is 4.39. The molecule has 1 amide bonds. The maximum absolute atomic E-state index is 12.4. The number of carbonyl (C=O) groups is 1. The van der Waals surface area contributed by atoms with Gasteiger partial charge >= 0.3 is 0 Å². The summed E-state index contributed by atoms with van der Waals surface area (Å²) in [5, 5.41) is 0. The van der Waals surface area contributed by atoms with E-state index in [2.05, 4.69) is 31.9 Å². The van der Waals surface area contributed by atoms with Crippen LogP contribution in [0.25, 0.3) is 0 Å². The number of amides is 1. The van der Waals surface area contributed by atoms with Crippen molar-refractivity contribution < 1.29 is 9.21 Å². The number of benzene rings is 1. The number of halogens is 2. The number of nitrogens with zero attached hydrogens (tertiary/aromatic N) is 1. The highest BCUT2D eigenvalue weighted by Crippen LogP contribution is 2.21. The van der Waals surface area contributed by atoms with Gasteiger partial charge in [-0.2, -0.15) is 0 Å². The molecule has 5 heteroatoms. The largest absolute Gasteiger partial charge is 0.452 e. The van der Waals surface area contributed by atoms with E-state index in [0.29, 0.717) is 16.8 Å². The first-order valence-corrected chi connectivity index (χ1v) is 7.32. The Morgan fingerprint density at radius 1 is 1.26 bits per heavy atom. The fourth-order valence-electron chi connectivity index (χ4n) is 1.75. The van der Waals surface area contributed by atoms with Crippen molar-refractivity contribution in [3.05, 3.63) is 56.4 Å². The van der Waals surface area contributed by atoms with Gasteiger partial charge in [-0.05, 0) is 63.0 Å². The SMILES string of the molecule is Cc1ccc(Br)c(C(=O)N(C)Cc2ccc(Br)o2)c1. The highest BCUT2D eigenvalue weighted by Gasteiger charge is 2.16. The Balaban J connectivity index is 2.16. The Labute approximate surface area is 128 Å². The van der Waals surface area contributed by atoms with Crippen molar-refractivity contribution in [1.29, 1.82) is 0 Å². The van der Waals surface area contributed by atoms with Crippen LogP contribution < -0.4 is 0 Å². The van der Waals surface area contributed by atoms with Gasteiger partial charge in [-0.25, -0.2) is 0 Å². The number of furan rings is 1. The number of rotatable bonds is 3. The van der Waals surface area contributed by atoms with Crippen LogP contribution in [-0.2, 0) is 6.54 Å². The molecule has 3 nitrogen and oxygen atoms in total. The zero-order valence-electron chi connectivity index (χ0n) is 10.6. The standard InChI is InChI=1S/C14H13Br2NO2/c1-9-3-5-12(15)11(7-9)14(18)17(2)8-10-4-6-13(16)19-10/h3-7H,8H2,1-2H3. The lowest BCUT2D eigenvalue weighted by Crippen LogP contribution is -2.26. The second kappa shape index (κ2) is 5.92. The molecule has 19 heavy (non-hydrogen) atoms. The smallest absolute Gasteiger partial charge is 0.255 e. The third-order valence-electron chi connectivity index (χ3n) is 2.72. The first kappa shape index (κ1) is 14.3. The number of hydrogen-bond acceptors (Lipinski definition) is 2. The Morgan fingerprint density at radius 3 is 2.63 bits per heavy atom. The van der Waals surface area contributed by atoms with Crippen LogP contribution in [0.5, 0.6) is 0 Å². The monoisotopic (exact) mass is 385 g/mol. The molecular weight excluding hydrogens is 374 g/mol. The fourth-order valence-corrected chi connectivity index (χ4v) is 2.51. The molecule has 0 saturated carbocycles. The van der Waals surface area contributed by atoms with Crippen LogP contribution in [0.4, 0.5) is 0 Å². The number of hydrogen-bond donors (Lipinski definition) is 0. The van der Waals surface area contributed by atoms with Crippen molar-refractivity contribution >= 4 is 37.8 Å². The van der Waals surface area contributed by atoms with E-state index in [-0.39, 0.29) is 5.91 Å². The first-order valence-electron chi connectivity index (χ1n) is 5.73. The van der Waals surface area contributed by atoms with Gasteiger partial charge in [0.2, 0.25) is 0 Å². The molecule has 0 atom stereocenters. The third kappa shape index (κ3) is 3.48. The van der Waals surface area contributed by atoms with E-state index >= 15 is 0 Å². The minimum Gasteiger partial charge on any atom is -0.452 e. The van der Waals surface area contributed by atoms with Gasteiger partial charge in [0.25, 0.3) is 5.91 Å². The quantitative estimate of drug-likeness (QED) is 0.783. The summed E-state index contributed by atoms with van der Waals surface area (Å²) in [4.78, 5) is 14.0.